The summed E-state index contributed by atoms with van der Waals surface area (Å²) in [6.07, 6.45) is 3.40. The van der Waals surface area contributed by atoms with Crippen LogP contribution in [0.1, 0.15) is 32.8 Å². The summed E-state index contributed by atoms with van der Waals surface area (Å²) in [6.45, 7) is 7.05. The number of amides is 3. The molecule has 0 aromatic heterocycles. The Morgan fingerprint density at radius 3 is 2.56 bits per heavy atom. The molecular weight excluding hydrogens is 320 g/mol. The standard InChI is InChI=1S/C18H28N4O3/c1-4-14(3)12-21-22-18(24)20-11-10-15-6-8-16(9-7-15)25-13-17(23)19-5-2/h6-9,12,14H,4-5,10-11,13H2,1-3H3,(H,19,23)(H2,20,22,24)/b21-12+. The molecular formula is C18H28N4O3. The number of rotatable bonds is 10. The van der Waals surface area contributed by atoms with Crippen molar-refractivity contribution in [3.63, 3.8) is 0 Å². The third-order valence-electron chi connectivity index (χ3n) is 3.51. The number of nitrogens with zero attached hydrogens (tertiary/aromatic N) is 1. The lowest BCUT2D eigenvalue weighted by Gasteiger charge is -2.08. The van der Waals surface area contributed by atoms with Gasteiger partial charge in [0.15, 0.2) is 6.61 Å². The van der Waals surface area contributed by atoms with Gasteiger partial charge < -0.3 is 15.4 Å². The van der Waals surface area contributed by atoms with Crippen molar-refractivity contribution in [3.8, 4) is 5.75 Å². The summed E-state index contributed by atoms with van der Waals surface area (Å²) < 4.78 is 5.38. The molecule has 0 heterocycles. The maximum atomic E-state index is 11.6. The highest BCUT2D eigenvalue weighted by atomic mass is 16.5. The number of carbonyl (C=O) groups is 2. The van der Waals surface area contributed by atoms with Crippen LogP contribution in [-0.4, -0.2) is 37.8 Å². The van der Waals surface area contributed by atoms with Crippen molar-refractivity contribution in [2.75, 3.05) is 19.7 Å². The van der Waals surface area contributed by atoms with Crippen LogP contribution in [0.25, 0.3) is 0 Å². The number of carbonyl (C=O) groups excluding carboxylic acids is 2. The first-order chi connectivity index (χ1) is 12.0. The normalized spacial score (nSPS) is 11.8. The fourth-order valence-corrected chi connectivity index (χ4v) is 1.84. The molecule has 0 bridgehead atoms. The molecule has 25 heavy (non-hydrogen) atoms. The van der Waals surface area contributed by atoms with Gasteiger partial charge in [0.2, 0.25) is 0 Å². The van der Waals surface area contributed by atoms with Gasteiger partial charge in [0.25, 0.3) is 5.91 Å². The first-order valence-electron chi connectivity index (χ1n) is 8.60. The van der Waals surface area contributed by atoms with Crippen LogP contribution in [0.2, 0.25) is 0 Å². The van der Waals surface area contributed by atoms with Crippen molar-refractivity contribution in [3.05, 3.63) is 29.8 Å². The third-order valence-corrected chi connectivity index (χ3v) is 3.51. The Morgan fingerprint density at radius 1 is 1.20 bits per heavy atom. The minimum Gasteiger partial charge on any atom is -0.484 e. The molecule has 7 nitrogen and oxygen atoms in total. The van der Waals surface area contributed by atoms with Crippen molar-refractivity contribution in [2.45, 2.75) is 33.6 Å². The Labute approximate surface area is 149 Å². The van der Waals surface area contributed by atoms with E-state index in [1.54, 1.807) is 6.21 Å². The minimum absolute atomic E-state index is 0.00603. The fourth-order valence-electron chi connectivity index (χ4n) is 1.84. The fraction of sp³-hybridized carbons (Fsp3) is 0.500. The molecule has 1 aromatic rings. The molecule has 0 aliphatic heterocycles. The van der Waals surface area contributed by atoms with Crippen molar-refractivity contribution >= 4 is 18.2 Å². The van der Waals surface area contributed by atoms with Gasteiger partial charge in [0.05, 0.1) is 0 Å². The van der Waals surface area contributed by atoms with Crippen molar-refractivity contribution in [1.82, 2.24) is 16.1 Å². The van der Waals surface area contributed by atoms with Crippen LogP contribution in [0, 0.1) is 5.92 Å². The molecule has 0 saturated heterocycles. The second-order valence-electron chi connectivity index (χ2n) is 5.67. The first kappa shape index (κ1) is 20.5. The second-order valence-corrected chi connectivity index (χ2v) is 5.67. The molecule has 1 atom stereocenters. The van der Waals surface area contributed by atoms with E-state index in [1.807, 2.05) is 38.1 Å². The predicted molar refractivity (Wildman–Crippen MR) is 98.8 cm³/mol. The average molecular weight is 348 g/mol. The topological polar surface area (TPSA) is 91.8 Å². The van der Waals surface area contributed by atoms with E-state index in [4.69, 9.17) is 4.74 Å². The van der Waals surface area contributed by atoms with Gasteiger partial charge in [-0.1, -0.05) is 26.0 Å². The van der Waals surface area contributed by atoms with E-state index in [0.29, 0.717) is 31.2 Å². The highest BCUT2D eigenvalue weighted by molar-refractivity contribution is 5.77. The van der Waals surface area contributed by atoms with Crippen LogP contribution in [0.4, 0.5) is 4.79 Å². The van der Waals surface area contributed by atoms with Gasteiger partial charge in [-0.2, -0.15) is 5.10 Å². The summed E-state index contributed by atoms with van der Waals surface area (Å²) in [4.78, 5) is 22.9. The van der Waals surface area contributed by atoms with Gasteiger partial charge in [-0.25, -0.2) is 10.2 Å². The highest BCUT2D eigenvalue weighted by Gasteiger charge is 2.02. The lowest BCUT2D eigenvalue weighted by atomic mass is 10.1. The molecule has 7 heteroatoms. The van der Waals surface area contributed by atoms with Gasteiger partial charge in [-0.15, -0.1) is 0 Å². The van der Waals surface area contributed by atoms with Crippen LogP contribution in [0.3, 0.4) is 0 Å². The Kier molecular flexibility index (Phi) is 9.74. The molecule has 0 aliphatic rings. The average Bonchev–Trinajstić information content (AvgIpc) is 2.61. The summed E-state index contributed by atoms with van der Waals surface area (Å²) in [5, 5.41) is 9.30. The number of hydrazone groups is 1. The SMILES string of the molecule is CCNC(=O)COc1ccc(CCNC(=O)N/N=C/C(C)CC)cc1. The lowest BCUT2D eigenvalue weighted by molar-refractivity contribution is -0.122. The Hall–Kier alpha value is -2.57. The number of hydrogen-bond donors (Lipinski definition) is 3. The zero-order valence-corrected chi connectivity index (χ0v) is 15.2. The van der Waals surface area contributed by atoms with Crippen molar-refractivity contribution in [1.29, 1.82) is 0 Å². The minimum atomic E-state index is -0.318. The van der Waals surface area contributed by atoms with E-state index in [-0.39, 0.29) is 18.5 Å². The number of likely N-dealkylation sites (N-methyl/N-ethyl adjacent to an activating group) is 1. The largest absolute Gasteiger partial charge is 0.484 e. The van der Waals surface area contributed by atoms with Crippen LogP contribution < -0.4 is 20.8 Å². The maximum Gasteiger partial charge on any atom is 0.335 e. The molecule has 0 radical (unpaired) electrons. The second kappa shape index (κ2) is 11.9. The summed E-state index contributed by atoms with van der Waals surface area (Å²) >= 11 is 0. The molecule has 0 aliphatic carbocycles. The van der Waals surface area contributed by atoms with Gasteiger partial charge in [-0.05, 0) is 43.4 Å². The number of nitrogens with one attached hydrogen (secondary N) is 3. The molecule has 0 spiro atoms. The van der Waals surface area contributed by atoms with Crippen LogP contribution >= 0.6 is 0 Å². The molecule has 0 fully saturated rings. The molecule has 3 amide bonds. The van der Waals surface area contributed by atoms with Crippen molar-refractivity contribution in [2.24, 2.45) is 11.0 Å². The number of hydrogen-bond acceptors (Lipinski definition) is 4. The zero-order chi connectivity index (χ0) is 18.5. The summed E-state index contributed by atoms with van der Waals surface area (Å²) in [5.41, 5.74) is 3.51. The van der Waals surface area contributed by atoms with E-state index in [9.17, 15) is 9.59 Å². The Balaban J connectivity index is 2.26. The van der Waals surface area contributed by atoms with Crippen LogP contribution in [0.5, 0.6) is 5.75 Å². The summed E-state index contributed by atoms with van der Waals surface area (Å²) in [6, 6.07) is 7.12. The molecule has 1 unspecified atom stereocenters. The summed E-state index contributed by atoms with van der Waals surface area (Å²) in [7, 11) is 0. The van der Waals surface area contributed by atoms with Crippen LogP contribution in [0.15, 0.2) is 29.4 Å². The molecule has 3 N–H and O–H groups in total. The van der Waals surface area contributed by atoms with Crippen molar-refractivity contribution < 1.29 is 14.3 Å². The molecule has 0 saturated carbocycles. The Bertz CT molecular complexity index is 558. The quantitative estimate of drug-likeness (QED) is 0.446. The van der Waals surface area contributed by atoms with E-state index in [2.05, 4.69) is 28.1 Å². The van der Waals surface area contributed by atoms with Gasteiger partial charge in [0.1, 0.15) is 5.75 Å². The number of ether oxygens (including phenoxy) is 1. The maximum absolute atomic E-state index is 11.6. The molecule has 1 aromatic carbocycles. The van der Waals surface area contributed by atoms with Crippen LogP contribution in [-0.2, 0) is 11.2 Å². The smallest absolute Gasteiger partial charge is 0.335 e. The highest BCUT2D eigenvalue weighted by Crippen LogP contribution is 2.12. The van der Waals surface area contributed by atoms with Gasteiger partial charge in [-0.3, -0.25) is 4.79 Å². The van der Waals surface area contributed by atoms with E-state index in [0.717, 1.165) is 12.0 Å². The number of urea groups is 1. The van der Waals surface area contributed by atoms with Gasteiger partial charge >= 0.3 is 6.03 Å². The lowest BCUT2D eigenvalue weighted by Crippen LogP contribution is -2.33. The Morgan fingerprint density at radius 2 is 1.92 bits per heavy atom. The van der Waals surface area contributed by atoms with E-state index in [1.165, 1.54) is 0 Å². The van der Waals surface area contributed by atoms with E-state index >= 15 is 0 Å². The van der Waals surface area contributed by atoms with E-state index < -0.39 is 0 Å². The summed E-state index contributed by atoms with van der Waals surface area (Å²) in [5.74, 6) is 0.840. The molecule has 138 valence electrons. The molecule has 1 rings (SSSR count). The monoisotopic (exact) mass is 348 g/mol. The van der Waals surface area contributed by atoms with Gasteiger partial charge in [0, 0.05) is 19.3 Å². The zero-order valence-electron chi connectivity index (χ0n) is 15.2. The predicted octanol–water partition coefficient (Wildman–Crippen LogP) is 2.08. The number of benzene rings is 1. The first-order valence-corrected chi connectivity index (χ1v) is 8.60. The third kappa shape index (κ3) is 9.34.